The maximum atomic E-state index is 13.2. The van der Waals surface area contributed by atoms with Gasteiger partial charge >= 0.3 is 0 Å². The molecule has 0 aliphatic carbocycles. The molecule has 0 aromatic carbocycles. The molecule has 9 nitrogen and oxygen atoms in total. The average Bonchev–Trinajstić information content (AvgIpc) is 3.39. The number of anilines is 1. The zero-order chi connectivity index (χ0) is 18.9. The van der Waals surface area contributed by atoms with Gasteiger partial charge in [0.1, 0.15) is 5.54 Å². The molecule has 1 saturated heterocycles. The number of amides is 1. The van der Waals surface area contributed by atoms with E-state index in [2.05, 4.69) is 25.5 Å². The minimum Gasteiger partial charge on any atom is -0.307 e. The van der Waals surface area contributed by atoms with Gasteiger partial charge in [0, 0.05) is 70.1 Å². The van der Waals surface area contributed by atoms with Gasteiger partial charge in [0.15, 0.2) is 5.82 Å². The number of piperidine rings is 1. The first-order valence-electron chi connectivity index (χ1n) is 9.06. The average molecular weight is 368 g/mol. The number of hydrogen-bond acceptors (Lipinski definition) is 5. The summed E-state index contributed by atoms with van der Waals surface area (Å²) in [6, 6.07) is 3.66. The normalized spacial score (nSPS) is 17.1. The Kier molecular flexibility index (Phi) is 4.53. The van der Waals surface area contributed by atoms with Gasteiger partial charge in [-0.2, -0.15) is 15.3 Å². The molecule has 4 heterocycles. The highest BCUT2D eigenvalue weighted by Gasteiger charge is 2.44. The molecular weight excluding hydrogens is 344 g/mol. The van der Waals surface area contributed by atoms with Gasteiger partial charge in [0.2, 0.25) is 0 Å². The van der Waals surface area contributed by atoms with Crippen LogP contribution in [0.25, 0.3) is 0 Å². The molecule has 4 rings (SSSR count). The van der Waals surface area contributed by atoms with E-state index in [1.807, 2.05) is 49.6 Å². The Morgan fingerprint density at radius 2 is 2.00 bits per heavy atom. The third-order valence-corrected chi connectivity index (χ3v) is 5.17. The zero-order valence-electron chi connectivity index (χ0n) is 15.6. The van der Waals surface area contributed by atoms with Gasteiger partial charge in [-0.1, -0.05) is 0 Å². The van der Waals surface area contributed by atoms with Crippen LogP contribution in [0, 0.1) is 0 Å². The topological polar surface area (TPSA) is 85.8 Å². The molecule has 142 valence electrons. The molecule has 0 spiro atoms. The fourth-order valence-corrected chi connectivity index (χ4v) is 3.69. The molecule has 1 aliphatic heterocycles. The second kappa shape index (κ2) is 6.99. The second-order valence-corrected chi connectivity index (χ2v) is 7.11. The molecule has 1 N–H and O–H groups in total. The van der Waals surface area contributed by atoms with Crippen LogP contribution in [0.1, 0.15) is 18.4 Å². The van der Waals surface area contributed by atoms with Crippen molar-refractivity contribution in [2.75, 3.05) is 18.4 Å². The van der Waals surface area contributed by atoms with E-state index in [4.69, 9.17) is 0 Å². The monoisotopic (exact) mass is 368 g/mol. The number of carbonyl (C=O) groups is 1. The molecule has 0 saturated carbocycles. The Balaban J connectivity index is 1.50. The van der Waals surface area contributed by atoms with Crippen molar-refractivity contribution in [1.82, 2.24) is 34.2 Å². The first-order chi connectivity index (χ1) is 13.0. The maximum Gasteiger partial charge on any atom is 0.253 e. The summed E-state index contributed by atoms with van der Waals surface area (Å²) >= 11 is 0. The molecule has 0 atom stereocenters. The summed E-state index contributed by atoms with van der Waals surface area (Å²) in [4.78, 5) is 15.6. The second-order valence-electron chi connectivity index (χ2n) is 7.11. The van der Waals surface area contributed by atoms with E-state index in [1.165, 1.54) is 5.56 Å². The molecule has 0 radical (unpaired) electrons. The molecule has 0 unspecified atom stereocenters. The highest BCUT2D eigenvalue weighted by Crippen LogP contribution is 2.31. The first-order valence-corrected chi connectivity index (χ1v) is 9.06. The number of nitrogens with one attached hydrogen (secondary N) is 1. The molecule has 27 heavy (non-hydrogen) atoms. The van der Waals surface area contributed by atoms with Crippen LogP contribution >= 0.6 is 0 Å². The molecule has 3 aromatic rings. The standard InChI is InChI=1S/C18H24N8O/c1-23-9-4-16(22-23)21-17(27)18(26-8-3-7-19-26)5-10-25(11-6-18)14-15-12-20-24(2)13-15/h3-4,7-9,12-13H,5-6,10-11,14H2,1-2H3,(H,21,22,27). The van der Waals surface area contributed by atoms with Crippen LogP contribution in [0.2, 0.25) is 0 Å². The van der Waals surface area contributed by atoms with Gasteiger partial charge in [-0.25, -0.2) is 0 Å². The Hall–Kier alpha value is -2.94. The molecule has 9 heteroatoms. The summed E-state index contributed by atoms with van der Waals surface area (Å²) in [6.45, 7) is 2.46. The summed E-state index contributed by atoms with van der Waals surface area (Å²) in [5.74, 6) is 0.498. The predicted octanol–water partition coefficient (Wildman–Crippen LogP) is 0.980. The Morgan fingerprint density at radius 1 is 1.19 bits per heavy atom. The molecule has 3 aromatic heterocycles. The van der Waals surface area contributed by atoms with Gasteiger partial charge < -0.3 is 5.32 Å². The van der Waals surface area contributed by atoms with Crippen molar-refractivity contribution in [3.8, 4) is 0 Å². The number of nitrogens with zero attached hydrogens (tertiary/aromatic N) is 7. The minimum atomic E-state index is -0.702. The van der Waals surface area contributed by atoms with Crippen molar-refractivity contribution in [3.63, 3.8) is 0 Å². The van der Waals surface area contributed by atoms with E-state index >= 15 is 0 Å². The van der Waals surface area contributed by atoms with Gasteiger partial charge in [-0.15, -0.1) is 0 Å². The Bertz CT molecular complexity index is 902. The zero-order valence-corrected chi connectivity index (χ0v) is 15.6. The van der Waals surface area contributed by atoms with Crippen LogP contribution in [-0.4, -0.2) is 53.2 Å². The smallest absolute Gasteiger partial charge is 0.253 e. The molecule has 0 bridgehead atoms. The van der Waals surface area contributed by atoms with Crippen molar-refractivity contribution in [2.45, 2.75) is 24.9 Å². The van der Waals surface area contributed by atoms with Crippen molar-refractivity contribution in [3.05, 3.63) is 48.7 Å². The van der Waals surface area contributed by atoms with Crippen LogP contribution in [0.3, 0.4) is 0 Å². The van der Waals surface area contributed by atoms with Crippen LogP contribution in [-0.2, 0) is 31.0 Å². The van der Waals surface area contributed by atoms with E-state index < -0.39 is 5.54 Å². The lowest BCUT2D eigenvalue weighted by Crippen LogP contribution is -2.53. The van der Waals surface area contributed by atoms with Gasteiger partial charge in [-0.3, -0.25) is 23.7 Å². The fraction of sp³-hybridized carbons (Fsp3) is 0.444. The summed E-state index contributed by atoms with van der Waals surface area (Å²) in [5, 5.41) is 15.9. The van der Waals surface area contributed by atoms with Crippen LogP contribution in [0.4, 0.5) is 5.82 Å². The van der Waals surface area contributed by atoms with Crippen LogP contribution in [0.5, 0.6) is 0 Å². The van der Waals surface area contributed by atoms with E-state index in [1.54, 1.807) is 21.6 Å². The number of aromatic nitrogens is 6. The largest absolute Gasteiger partial charge is 0.307 e. The molecule has 1 aliphatic rings. The lowest BCUT2D eigenvalue weighted by atomic mass is 9.86. The summed E-state index contributed by atoms with van der Waals surface area (Å²) in [6.07, 6.45) is 10.7. The number of likely N-dealkylation sites (tertiary alicyclic amines) is 1. The van der Waals surface area contributed by atoms with E-state index in [0.717, 1.165) is 19.6 Å². The minimum absolute atomic E-state index is 0.0640. The van der Waals surface area contributed by atoms with E-state index in [0.29, 0.717) is 18.7 Å². The molecule has 1 amide bonds. The lowest BCUT2D eigenvalue weighted by molar-refractivity contribution is -0.127. The van der Waals surface area contributed by atoms with Crippen molar-refractivity contribution >= 4 is 11.7 Å². The third-order valence-electron chi connectivity index (χ3n) is 5.17. The van der Waals surface area contributed by atoms with Gasteiger partial charge in [-0.05, 0) is 18.9 Å². The maximum absolute atomic E-state index is 13.2. The third kappa shape index (κ3) is 3.50. The number of carbonyl (C=O) groups excluding carboxylic acids is 1. The fourth-order valence-electron chi connectivity index (χ4n) is 3.69. The molecule has 1 fully saturated rings. The quantitative estimate of drug-likeness (QED) is 0.726. The van der Waals surface area contributed by atoms with Crippen molar-refractivity contribution in [1.29, 1.82) is 0 Å². The highest BCUT2D eigenvalue weighted by molar-refractivity contribution is 5.96. The van der Waals surface area contributed by atoms with Crippen molar-refractivity contribution in [2.24, 2.45) is 14.1 Å². The summed E-state index contributed by atoms with van der Waals surface area (Å²) < 4.78 is 5.28. The van der Waals surface area contributed by atoms with E-state index in [-0.39, 0.29) is 5.91 Å². The Labute approximate surface area is 157 Å². The SMILES string of the molecule is Cn1cc(CN2CCC(C(=O)Nc3ccn(C)n3)(n3cccn3)CC2)cn1. The van der Waals surface area contributed by atoms with Gasteiger partial charge in [0.25, 0.3) is 5.91 Å². The predicted molar refractivity (Wildman–Crippen MR) is 99.8 cm³/mol. The summed E-state index contributed by atoms with van der Waals surface area (Å²) in [7, 11) is 3.75. The summed E-state index contributed by atoms with van der Waals surface area (Å²) in [5.41, 5.74) is 0.481. The van der Waals surface area contributed by atoms with Crippen molar-refractivity contribution < 1.29 is 4.79 Å². The lowest BCUT2D eigenvalue weighted by Gasteiger charge is -2.40. The number of rotatable bonds is 5. The van der Waals surface area contributed by atoms with Crippen LogP contribution in [0.15, 0.2) is 43.1 Å². The highest BCUT2D eigenvalue weighted by atomic mass is 16.2. The van der Waals surface area contributed by atoms with E-state index in [9.17, 15) is 4.79 Å². The Morgan fingerprint density at radius 3 is 2.59 bits per heavy atom. The van der Waals surface area contributed by atoms with Crippen LogP contribution < -0.4 is 5.32 Å². The number of aryl methyl sites for hydroxylation is 2. The first kappa shape index (κ1) is 17.5. The molecular formula is C18H24N8O. The number of hydrogen-bond donors (Lipinski definition) is 1. The van der Waals surface area contributed by atoms with Gasteiger partial charge in [0.05, 0.1) is 6.20 Å².